The van der Waals surface area contributed by atoms with Crippen LogP contribution < -0.4 is 36.7 Å². The van der Waals surface area contributed by atoms with Crippen LogP contribution in [0.4, 0.5) is 20.2 Å². The number of benzene rings is 2. The van der Waals surface area contributed by atoms with Gasteiger partial charge in [0.1, 0.15) is 0 Å². The number of aromatic carboxylic acids is 2. The van der Waals surface area contributed by atoms with E-state index in [2.05, 4.69) is 42.2 Å². The number of aromatic nitrogens is 2. The van der Waals surface area contributed by atoms with Crippen molar-refractivity contribution in [2.45, 2.75) is 6.42 Å². The van der Waals surface area contributed by atoms with E-state index in [1.807, 2.05) is 0 Å². The third kappa shape index (κ3) is 7.49. The van der Waals surface area contributed by atoms with Gasteiger partial charge in [0.25, 0.3) is 11.8 Å². The lowest BCUT2D eigenvalue weighted by molar-refractivity contribution is -0.110. The van der Waals surface area contributed by atoms with Crippen LogP contribution in [-0.2, 0) is 4.79 Å². The summed E-state index contributed by atoms with van der Waals surface area (Å²) in [6.07, 6.45) is 2.79. The molecular formula is C27H22F2N12O8. The number of rotatable bonds is 13. The summed E-state index contributed by atoms with van der Waals surface area (Å²) in [5, 5.41) is 46.8. The van der Waals surface area contributed by atoms with Gasteiger partial charge in [0.05, 0.1) is 35.7 Å². The molecule has 3 aromatic rings. The number of halogens is 2. The molecule has 0 spiro atoms. The second-order valence-electron chi connectivity index (χ2n) is 9.64. The zero-order chi connectivity index (χ0) is 35.2. The monoisotopic (exact) mass is 680 g/mol. The zero-order valence-corrected chi connectivity index (χ0v) is 24.5. The number of carboxylic acid groups (broad SMARTS) is 2. The summed E-state index contributed by atoms with van der Waals surface area (Å²) in [6, 6.07) is 5.42. The zero-order valence-electron chi connectivity index (χ0n) is 24.5. The Bertz CT molecular complexity index is 2050. The number of hydrogen-bond donors (Lipinski definition) is 8. The van der Waals surface area contributed by atoms with E-state index in [0.717, 1.165) is 29.4 Å². The molecular weight excluding hydrogens is 658 g/mol. The van der Waals surface area contributed by atoms with Gasteiger partial charge in [0.2, 0.25) is 0 Å². The average Bonchev–Trinajstić information content (AvgIpc) is 3.54. The first-order valence-electron chi connectivity index (χ1n) is 13.6. The summed E-state index contributed by atoms with van der Waals surface area (Å²) < 4.78 is 40.3. The number of hydrazone groups is 2. The van der Waals surface area contributed by atoms with E-state index in [-0.39, 0.29) is 42.2 Å². The predicted octanol–water partition coefficient (Wildman–Crippen LogP) is 1.43. The first-order valence-corrected chi connectivity index (χ1v) is 13.6. The summed E-state index contributed by atoms with van der Waals surface area (Å²) in [4.78, 5) is 49.5. The third-order valence-corrected chi connectivity index (χ3v) is 6.42. The number of carbonyl (C=O) groups excluding carboxylic acids is 2. The average molecular weight is 681 g/mol. The van der Waals surface area contributed by atoms with Gasteiger partial charge in [-0.3, -0.25) is 15.0 Å². The maximum Gasteiger partial charge on any atom is 0.337 e. The maximum absolute atomic E-state index is 14.9. The molecule has 1 aromatic heterocycles. The number of ether oxygens (including phenoxy) is 2. The molecule has 5 rings (SSSR count). The van der Waals surface area contributed by atoms with Crippen molar-refractivity contribution in [3.05, 3.63) is 82.5 Å². The molecule has 49 heavy (non-hydrogen) atoms. The molecule has 8 N–H and O–H groups in total. The Labute approximate surface area is 271 Å². The molecule has 0 aliphatic carbocycles. The second-order valence-corrected chi connectivity index (χ2v) is 9.64. The molecule has 20 nitrogen and oxygen atoms in total. The van der Waals surface area contributed by atoms with Crippen molar-refractivity contribution in [3.63, 3.8) is 0 Å². The molecule has 0 saturated heterocycles. The molecule has 0 atom stereocenters. The van der Waals surface area contributed by atoms with E-state index < -0.39 is 63.7 Å². The van der Waals surface area contributed by atoms with Gasteiger partial charge in [-0.1, -0.05) is 5.22 Å². The Morgan fingerprint density at radius 3 is 2.22 bits per heavy atom. The number of amides is 2. The molecule has 252 valence electrons. The van der Waals surface area contributed by atoms with Gasteiger partial charge < -0.3 is 30.3 Å². The highest BCUT2D eigenvalue weighted by molar-refractivity contribution is 6.48. The molecule has 0 fully saturated rings. The quantitative estimate of drug-likeness (QED) is 0.0940. The van der Waals surface area contributed by atoms with Crippen LogP contribution >= 0.6 is 0 Å². The number of hydrazine groups is 2. The summed E-state index contributed by atoms with van der Waals surface area (Å²) >= 11 is 0. The third-order valence-electron chi connectivity index (χ3n) is 6.42. The predicted molar refractivity (Wildman–Crippen MR) is 160 cm³/mol. The molecule has 0 bridgehead atoms. The number of nitrogens with one attached hydrogen (secondary N) is 6. The first kappa shape index (κ1) is 33.3. The Balaban J connectivity index is 1.21. The van der Waals surface area contributed by atoms with Gasteiger partial charge in [-0.2, -0.15) is 10.6 Å². The number of anilines is 2. The van der Waals surface area contributed by atoms with Crippen molar-refractivity contribution in [1.29, 1.82) is 10.9 Å². The van der Waals surface area contributed by atoms with E-state index >= 15 is 0 Å². The molecule has 2 amide bonds. The molecule has 0 saturated carbocycles. The fourth-order valence-electron chi connectivity index (χ4n) is 4.13. The lowest BCUT2D eigenvalue weighted by Crippen LogP contribution is -2.40. The van der Waals surface area contributed by atoms with E-state index in [1.54, 1.807) is 0 Å². The Hall–Kier alpha value is -7.10. The molecule has 3 heterocycles. The summed E-state index contributed by atoms with van der Waals surface area (Å²) in [5.74, 6) is -7.50. The molecule has 2 aliphatic heterocycles. The number of amidine groups is 1. The highest BCUT2D eigenvalue weighted by Gasteiger charge is 2.24. The molecule has 0 unspecified atom stereocenters. The standard InChI is InChI=1S/C27H22F2N12O8/c28-14-8-12(26(44)45)19(33-25(43)17-3-5-23-34-38-39-41(23)36-17)11-21(14)49-7-1-6-48-20-9-13(27(46)47)18(10-15(20)29)32-24(42)16-2-4-22(30)40(35-16)37-31/h2-5,8-11,30-31,38-39H,1,6-7H2,(H,32,42)(H,33,43)(H,44,45)(H,46,47). The first-order chi connectivity index (χ1) is 23.4. The van der Waals surface area contributed by atoms with Crippen LogP contribution in [0.2, 0.25) is 0 Å². The van der Waals surface area contributed by atoms with E-state index in [9.17, 15) is 38.2 Å². The van der Waals surface area contributed by atoms with Crippen LogP contribution in [-0.4, -0.2) is 73.7 Å². The Kier molecular flexibility index (Phi) is 9.59. The Morgan fingerprint density at radius 1 is 0.898 bits per heavy atom. The summed E-state index contributed by atoms with van der Waals surface area (Å²) in [6.45, 7) is -0.491. The van der Waals surface area contributed by atoms with Crippen LogP contribution in [0.5, 0.6) is 11.5 Å². The van der Waals surface area contributed by atoms with E-state index in [0.29, 0.717) is 22.8 Å². The number of carboxylic acids is 2. The SMILES string of the molecule is N=Nn1nc(C(=O)Nc2cc(F)c(OCCCOc3cc(NC(=O)C4=NN5NNN=C5C=C4)c(C(=O)O)cc3F)cc2C(=O)O)ccc1=N. The largest absolute Gasteiger partial charge is 0.490 e. The fraction of sp³-hybridized carbons (Fsp3) is 0.111. The second kappa shape index (κ2) is 14.1. The molecule has 22 heteroatoms. The minimum Gasteiger partial charge on any atom is -0.490 e. The van der Waals surface area contributed by atoms with Gasteiger partial charge in [0, 0.05) is 18.6 Å². The van der Waals surface area contributed by atoms with Crippen LogP contribution in [0.3, 0.4) is 0 Å². The lowest BCUT2D eigenvalue weighted by Gasteiger charge is -2.17. The van der Waals surface area contributed by atoms with Gasteiger partial charge >= 0.3 is 11.9 Å². The van der Waals surface area contributed by atoms with Crippen LogP contribution in [0.25, 0.3) is 0 Å². The normalized spacial score (nSPS) is 13.0. The summed E-state index contributed by atoms with van der Waals surface area (Å²) in [5.41, 5.74) is 9.35. The van der Waals surface area contributed by atoms with Gasteiger partial charge in [0.15, 0.2) is 45.9 Å². The van der Waals surface area contributed by atoms with Crippen molar-refractivity contribution in [3.8, 4) is 11.5 Å². The number of nitrogens with zero attached hydrogens (tertiary/aromatic N) is 6. The van der Waals surface area contributed by atoms with Crippen LogP contribution in [0, 0.1) is 22.6 Å². The maximum atomic E-state index is 14.9. The molecule has 2 aromatic carbocycles. The van der Waals surface area contributed by atoms with E-state index in [1.165, 1.54) is 12.2 Å². The highest BCUT2D eigenvalue weighted by atomic mass is 19.1. The Morgan fingerprint density at radius 2 is 1.53 bits per heavy atom. The minimum atomic E-state index is -1.53. The van der Waals surface area contributed by atoms with Crippen molar-refractivity contribution >= 4 is 46.7 Å². The molecule has 0 radical (unpaired) electrons. The smallest absolute Gasteiger partial charge is 0.337 e. The lowest BCUT2D eigenvalue weighted by atomic mass is 10.1. The van der Waals surface area contributed by atoms with Gasteiger partial charge in [-0.05, 0) is 36.4 Å². The fourth-order valence-corrected chi connectivity index (χ4v) is 4.13. The van der Waals surface area contributed by atoms with Crippen molar-refractivity contribution in [1.82, 2.24) is 26.1 Å². The number of fused-ring (bicyclic) bond motifs is 1. The highest BCUT2D eigenvalue weighted by Crippen LogP contribution is 2.29. The topological polar surface area (TPSA) is 281 Å². The van der Waals surface area contributed by atoms with Gasteiger partial charge in [-0.25, -0.2) is 23.9 Å². The van der Waals surface area contributed by atoms with Crippen molar-refractivity contribution in [2.75, 3.05) is 23.8 Å². The number of hydrogen-bond acceptors (Lipinski definition) is 15. The van der Waals surface area contributed by atoms with Gasteiger partial charge in [-0.15, -0.1) is 25.6 Å². The van der Waals surface area contributed by atoms with Crippen molar-refractivity contribution < 1.29 is 47.6 Å². The van der Waals surface area contributed by atoms with Crippen molar-refractivity contribution in [2.24, 2.45) is 15.4 Å². The summed E-state index contributed by atoms with van der Waals surface area (Å²) in [7, 11) is 0. The van der Waals surface area contributed by atoms with Crippen LogP contribution in [0.1, 0.15) is 37.6 Å². The number of carbonyl (C=O) groups is 4. The van der Waals surface area contributed by atoms with E-state index in [4.69, 9.17) is 20.4 Å². The minimum absolute atomic E-state index is 0.00320. The van der Waals surface area contributed by atoms with Crippen LogP contribution in [0.15, 0.2) is 64.0 Å². The molecule has 2 aliphatic rings.